The Kier molecular flexibility index (Phi) is 9.59. The van der Waals surface area contributed by atoms with Crippen molar-refractivity contribution in [2.24, 2.45) is 10.4 Å². The van der Waals surface area contributed by atoms with E-state index in [0.29, 0.717) is 5.01 Å². The first-order valence-corrected chi connectivity index (χ1v) is 15.4. The van der Waals surface area contributed by atoms with E-state index >= 15 is 8.78 Å². The summed E-state index contributed by atoms with van der Waals surface area (Å²) in [6.07, 6.45) is 0.610. The van der Waals surface area contributed by atoms with Gasteiger partial charge in [0.15, 0.2) is 10.8 Å². The van der Waals surface area contributed by atoms with Crippen LogP contribution in [-0.2, 0) is 23.9 Å². The highest BCUT2D eigenvalue weighted by molar-refractivity contribution is 7.11. The number of aliphatic carboxylic acids is 1. The van der Waals surface area contributed by atoms with Crippen LogP contribution in [0.2, 0.25) is 5.02 Å². The summed E-state index contributed by atoms with van der Waals surface area (Å²) in [6.45, 7) is 3.37. The normalized spacial score (nSPS) is 24.3. The number of nitrogens with zero attached hydrogens (tertiary/aromatic N) is 4. The number of halogens is 4. The SMILES string of the molecule is CCOC(=O)C1=C(CN2CC(F)(F)[C@@H]3[C@H]2CON3C[C@@H](OC)C(C)(C)C(=O)O)NC(c2nccs2)=N[C@H]1c1cccc(F)c1Cl. The summed E-state index contributed by atoms with van der Waals surface area (Å²) < 4.78 is 56.9. The summed E-state index contributed by atoms with van der Waals surface area (Å²) in [7, 11) is 1.32. The molecule has 0 spiro atoms. The maximum absolute atomic E-state index is 15.7. The van der Waals surface area contributed by atoms with Crippen LogP contribution in [0.5, 0.6) is 0 Å². The number of hydrogen-bond acceptors (Lipinski definition) is 11. The second-order valence-electron chi connectivity index (χ2n) is 11.4. The van der Waals surface area contributed by atoms with Gasteiger partial charge < -0.3 is 19.9 Å². The molecule has 3 aliphatic heterocycles. The molecule has 3 aliphatic rings. The maximum Gasteiger partial charge on any atom is 0.338 e. The van der Waals surface area contributed by atoms with Gasteiger partial charge in [-0.2, -0.15) is 5.06 Å². The second kappa shape index (κ2) is 13.0. The Hall–Kier alpha value is -3.08. The van der Waals surface area contributed by atoms with Gasteiger partial charge >= 0.3 is 11.9 Å². The van der Waals surface area contributed by atoms with Gasteiger partial charge in [0.05, 0.1) is 54.5 Å². The maximum atomic E-state index is 15.7. The number of carbonyl (C=O) groups is 2. The number of esters is 1. The molecule has 2 N–H and O–H groups in total. The Balaban J connectivity index is 1.51. The number of alkyl halides is 2. The number of nitrogens with one attached hydrogen (secondary N) is 1. The lowest BCUT2D eigenvalue weighted by Gasteiger charge is -2.34. The number of carbonyl (C=O) groups excluding carboxylic acids is 1. The van der Waals surface area contributed by atoms with Gasteiger partial charge in [0, 0.05) is 36.5 Å². The Morgan fingerprint density at radius 3 is 2.76 bits per heavy atom. The molecule has 0 aliphatic carbocycles. The summed E-state index contributed by atoms with van der Waals surface area (Å²) in [5, 5.41) is 15.8. The molecule has 45 heavy (non-hydrogen) atoms. The van der Waals surface area contributed by atoms with Crippen molar-refractivity contribution >= 4 is 40.7 Å². The summed E-state index contributed by atoms with van der Waals surface area (Å²) in [6, 6.07) is 0.774. The lowest BCUT2D eigenvalue weighted by Crippen LogP contribution is -2.51. The van der Waals surface area contributed by atoms with Gasteiger partial charge in [-0.15, -0.1) is 11.3 Å². The van der Waals surface area contributed by atoms with Crippen LogP contribution < -0.4 is 5.32 Å². The van der Waals surface area contributed by atoms with Gasteiger partial charge in [-0.05, 0) is 26.8 Å². The molecule has 0 amide bonds. The van der Waals surface area contributed by atoms with E-state index in [1.807, 2.05) is 0 Å². The first-order chi connectivity index (χ1) is 21.3. The largest absolute Gasteiger partial charge is 0.481 e. The molecule has 2 aromatic rings. The number of aromatic nitrogens is 1. The van der Waals surface area contributed by atoms with Gasteiger partial charge in [-0.3, -0.25) is 19.5 Å². The monoisotopic (exact) mass is 671 g/mol. The van der Waals surface area contributed by atoms with E-state index in [4.69, 9.17) is 25.9 Å². The second-order valence-corrected chi connectivity index (χ2v) is 12.7. The highest BCUT2D eigenvalue weighted by atomic mass is 35.5. The van der Waals surface area contributed by atoms with Crippen molar-refractivity contribution in [3.63, 3.8) is 0 Å². The van der Waals surface area contributed by atoms with Crippen LogP contribution in [0.25, 0.3) is 0 Å². The number of fused-ring (bicyclic) bond motifs is 1. The number of carboxylic acid groups (broad SMARTS) is 1. The Morgan fingerprint density at radius 1 is 1.36 bits per heavy atom. The first kappa shape index (κ1) is 33.3. The summed E-state index contributed by atoms with van der Waals surface area (Å²) >= 11 is 7.63. The van der Waals surface area contributed by atoms with Crippen LogP contribution in [0.3, 0.4) is 0 Å². The van der Waals surface area contributed by atoms with Crippen molar-refractivity contribution in [2.75, 3.05) is 40.0 Å². The predicted octanol–water partition coefficient (Wildman–Crippen LogP) is 3.91. The molecular formula is C29H33ClF3N5O6S. The zero-order valence-electron chi connectivity index (χ0n) is 24.9. The Labute approximate surface area is 266 Å². The fraction of sp³-hybridized carbons (Fsp3) is 0.517. The molecule has 4 heterocycles. The third-order valence-corrected chi connectivity index (χ3v) is 9.46. The van der Waals surface area contributed by atoms with Crippen molar-refractivity contribution < 1.29 is 42.2 Å². The number of hydroxylamine groups is 2. The van der Waals surface area contributed by atoms with E-state index in [2.05, 4.69) is 15.3 Å². The highest BCUT2D eigenvalue weighted by Crippen LogP contribution is 2.43. The zero-order valence-corrected chi connectivity index (χ0v) is 26.5. The first-order valence-electron chi connectivity index (χ1n) is 14.2. The topological polar surface area (TPSA) is 126 Å². The Bertz CT molecular complexity index is 1510. The van der Waals surface area contributed by atoms with Crippen molar-refractivity contribution in [3.05, 3.63) is 62.5 Å². The van der Waals surface area contributed by atoms with Gasteiger partial charge in [0.25, 0.3) is 5.92 Å². The van der Waals surface area contributed by atoms with E-state index in [9.17, 15) is 19.1 Å². The van der Waals surface area contributed by atoms with Crippen LogP contribution in [0.1, 0.15) is 37.4 Å². The average molecular weight is 672 g/mol. The van der Waals surface area contributed by atoms with Crippen LogP contribution in [0.15, 0.2) is 46.0 Å². The van der Waals surface area contributed by atoms with Gasteiger partial charge in [0.1, 0.15) is 17.9 Å². The molecule has 244 valence electrons. The number of benzene rings is 1. The van der Waals surface area contributed by atoms with Crippen LogP contribution in [-0.4, -0.2) is 102 Å². The van der Waals surface area contributed by atoms with E-state index in [0.717, 1.165) is 5.06 Å². The van der Waals surface area contributed by atoms with Crippen LogP contribution in [0.4, 0.5) is 13.2 Å². The smallest absolute Gasteiger partial charge is 0.338 e. The van der Waals surface area contributed by atoms with Crippen LogP contribution >= 0.6 is 22.9 Å². The van der Waals surface area contributed by atoms with Crippen molar-refractivity contribution in [3.8, 4) is 0 Å². The lowest BCUT2D eigenvalue weighted by molar-refractivity contribution is -0.205. The highest BCUT2D eigenvalue weighted by Gasteiger charge is 2.61. The zero-order chi connectivity index (χ0) is 32.7. The van der Waals surface area contributed by atoms with E-state index < -0.39 is 59.9 Å². The minimum Gasteiger partial charge on any atom is -0.481 e. The van der Waals surface area contributed by atoms with Gasteiger partial charge in [-0.1, -0.05) is 23.7 Å². The average Bonchev–Trinajstić information content (AvgIpc) is 3.72. The number of aliphatic imine (C=N–C) groups is 1. The number of methoxy groups -OCH3 is 1. The number of thiazole rings is 1. The lowest BCUT2D eigenvalue weighted by atomic mass is 9.86. The number of amidine groups is 1. The third-order valence-electron chi connectivity index (χ3n) is 8.28. The molecule has 0 radical (unpaired) electrons. The minimum atomic E-state index is -3.27. The molecule has 0 saturated carbocycles. The number of rotatable bonds is 11. The molecule has 5 rings (SSSR count). The Morgan fingerprint density at radius 2 is 2.11 bits per heavy atom. The van der Waals surface area contributed by atoms with Gasteiger partial charge in [-0.25, -0.2) is 22.9 Å². The number of hydrogen-bond donors (Lipinski definition) is 2. The van der Waals surface area contributed by atoms with Gasteiger partial charge in [0.2, 0.25) is 0 Å². The third kappa shape index (κ3) is 6.33. The summed E-state index contributed by atoms with van der Waals surface area (Å²) in [4.78, 5) is 41.5. The van der Waals surface area contributed by atoms with Crippen molar-refractivity contribution in [1.82, 2.24) is 20.3 Å². The van der Waals surface area contributed by atoms with Crippen LogP contribution in [0, 0.1) is 11.2 Å². The molecule has 16 heteroatoms. The molecule has 0 unspecified atom stereocenters. The minimum absolute atomic E-state index is 0.00477. The molecule has 2 fully saturated rings. The molecule has 2 saturated heterocycles. The molecule has 0 bridgehead atoms. The molecule has 1 aromatic heterocycles. The fourth-order valence-corrected chi connectivity index (χ4v) is 6.65. The molecule has 4 atom stereocenters. The summed E-state index contributed by atoms with van der Waals surface area (Å²) in [5.41, 5.74) is -0.974. The molecule has 11 nitrogen and oxygen atoms in total. The van der Waals surface area contributed by atoms with Crippen molar-refractivity contribution in [1.29, 1.82) is 0 Å². The van der Waals surface area contributed by atoms with E-state index in [1.165, 1.54) is 55.4 Å². The molecule has 1 aromatic carbocycles. The predicted molar refractivity (Wildman–Crippen MR) is 159 cm³/mol. The number of carboxylic acids is 1. The standard InChI is InChI=1S/C29H33ClF3N5O6S/c1-5-43-26(39)20-17(35-24(25-34-9-10-45-25)36-22(20)15-7-6-8-16(31)21(15)30)11-37-14-29(32,33)23-18(37)13-44-38(23)12-19(42-4)28(2,3)27(40)41/h6-10,18-19,22-23H,5,11-14H2,1-4H3,(H,35,36)(H,40,41)/t18-,19-,22+,23+/m1/s1. The molecular weight excluding hydrogens is 639 g/mol. The fourth-order valence-electron chi connectivity index (χ4n) is 5.83. The number of likely N-dealkylation sites (tertiary alicyclic amines) is 1. The number of ether oxygens (including phenoxy) is 2. The summed E-state index contributed by atoms with van der Waals surface area (Å²) in [5.74, 6) is -5.64. The quantitative estimate of drug-likeness (QED) is 0.340. The van der Waals surface area contributed by atoms with Crippen molar-refractivity contribution in [2.45, 2.75) is 50.9 Å². The van der Waals surface area contributed by atoms with E-state index in [-0.39, 0.29) is 54.0 Å². The van der Waals surface area contributed by atoms with E-state index in [1.54, 1.807) is 18.5 Å².